The highest BCUT2D eigenvalue weighted by atomic mass is 16.1. The Bertz CT molecular complexity index is 183. The van der Waals surface area contributed by atoms with Crippen LogP contribution in [0.2, 0.25) is 0 Å². The third kappa shape index (κ3) is 7.65. The van der Waals surface area contributed by atoms with Gasteiger partial charge >= 0.3 is 0 Å². The molecule has 0 rings (SSSR count). The zero-order chi connectivity index (χ0) is 12.4. The maximum atomic E-state index is 11.8. The fraction of sp³-hybridized carbons (Fsp3) is 0.917. The van der Waals surface area contributed by atoms with Crippen molar-refractivity contribution in [3.05, 3.63) is 0 Å². The molecule has 0 fully saturated rings. The summed E-state index contributed by atoms with van der Waals surface area (Å²) in [6.45, 7) is 7.64. The summed E-state index contributed by atoms with van der Waals surface area (Å²) in [5.41, 5.74) is 0. The zero-order valence-electron chi connectivity index (χ0n) is 11.2. The summed E-state index contributed by atoms with van der Waals surface area (Å²) in [4.78, 5) is 13.9. The topological polar surface area (TPSA) is 44.4 Å². The van der Waals surface area contributed by atoms with Crippen LogP contribution in [0.5, 0.6) is 0 Å². The lowest BCUT2D eigenvalue weighted by Crippen LogP contribution is -2.36. The molecule has 16 heavy (non-hydrogen) atoms. The second-order valence-corrected chi connectivity index (χ2v) is 4.34. The first-order valence-electron chi connectivity index (χ1n) is 6.24. The molecular weight excluding hydrogens is 202 g/mol. The van der Waals surface area contributed by atoms with Crippen LogP contribution >= 0.6 is 0 Å². The van der Waals surface area contributed by atoms with Gasteiger partial charge in [-0.2, -0.15) is 0 Å². The molecule has 96 valence electrons. The van der Waals surface area contributed by atoms with Crippen LogP contribution in [0.3, 0.4) is 0 Å². The van der Waals surface area contributed by atoms with E-state index in [1.165, 1.54) is 0 Å². The maximum Gasteiger partial charge on any atom is 0.223 e. The summed E-state index contributed by atoms with van der Waals surface area (Å²) in [5.74, 6) is 0.353. The minimum absolute atomic E-state index is 0.157. The van der Waals surface area contributed by atoms with Gasteiger partial charge < -0.3 is 15.5 Å². The first kappa shape index (κ1) is 15.4. The summed E-state index contributed by atoms with van der Waals surface area (Å²) < 4.78 is 0. The predicted octanol–water partition coefficient (Wildman–Crippen LogP) is 0.690. The van der Waals surface area contributed by atoms with Crippen molar-refractivity contribution in [3.8, 4) is 0 Å². The number of carbonyl (C=O) groups is 1. The van der Waals surface area contributed by atoms with E-state index in [4.69, 9.17) is 0 Å². The van der Waals surface area contributed by atoms with Crippen LogP contribution in [0.1, 0.15) is 26.7 Å². The lowest BCUT2D eigenvalue weighted by Gasteiger charge is -2.17. The summed E-state index contributed by atoms with van der Waals surface area (Å²) in [5, 5.41) is 6.16. The summed E-state index contributed by atoms with van der Waals surface area (Å²) in [6, 6.07) is 0. The summed E-state index contributed by atoms with van der Waals surface area (Å²) in [6.07, 6.45) is 1.86. The molecule has 0 aromatic carbocycles. The lowest BCUT2D eigenvalue weighted by atomic mass is 10.0. The van der Waals surface area contributed by atoms with Gasteiger partial charge in [0.1, 0.15) is 0 Å². The number of nitrogens with zero attached hydrogens (tertiary/aromatic N) is 1. The highest BCUT2D eigenvalue weighted by Gasteiger charge is 2.15. The molecule has 0 bridgehead atoms. The average Bonchev–Trinajstić information content (AvgIpc) is 2.25. The first-order chi connectivity index (χ1) is 7.61. The fourth-order valence-corrected chi connectivity index (χ4v) is 1.53. The minimum atomic E-state index is 0.157. The summed E-state index contributed by atoms with van der Waals surface area (Å²) >= 11 is 0. The number of amides is 1. The highest BCUT2D eigenvalue weighted by molar-refractivity contribution is 5.78. The molecule has 0 spiro atoms. The van der Waals surface area contributed by atoms with E-state index in [0.29, 0.717) is 0 Å². The Morgan fingerprint density at radius 3 is 2.44 bits per heavy atom. The normalized spacial score (nSPS) is 12.8. The minimum Gasteiger partial charge on any atom is -0.355 e. The number of rotatable bonds is 9. The van der Waals surface area contributed by atoms with Crippen molar-refractivity contribution >= 4 is 5.91 Å². The van der Waals surface area contributed by atoms with Crippen LogP contribution in [0, 0.1) is 5.92 Å². The number of likely N-dealkylation sites (N-methyl/N-ethyl adjacent to an activating group) is 1. The van der Waals surface area contributed by atoms with E-state index < -0.39 is 0 Å². The molecule has 0 aliphatic carbocycles. The molecule has 0 aliphatic rings. The van der Waals surface area contributed by atoms with Crippen molar-refractivity contribution in [2.75, 3.05) is 40.3 Å². The van der Waals surface area contributed by atoms with Crippen molar-refractivity contribution in [2.45, 2.75) is 26.7 Å². The molecule has 1 atom stereocenters. The van der Waals surface area contributed by atoms with Crippen LogP contribution in [0.4, 0.5) is 0 Å². The van der Waals surface area contributed by atoms with Gasteiger partial charge in [-0.05, 0) is 40.0 Å². The molecule has 4 nitrogen and oxygen atoms in total. The molecule has 1 amide bonds. The van der Waals surface area contributed by atoms with E-state index in [2.05, 4.69) is 29.4 Å². The first-order valence-corrected chi connectivity index (χ1v) is 6.24. The van der Waals surface area contributed by atoms with Gasteiger partial charge in [-0.1, -0.05) is 13.8 Å². The molecule has 0 aromatic rings. The monoisotopic (exact) mass is 229 g/mol. The summed E-state index contributed by atoms with van der Waals surface area (Å²) in [7, 11) is 4.07. The molecular formula is C12H27N3O. The third-order valence-electron chi connectivity index (χ3n) is 2.64. The Morgan fingerprint density at radius 1 is 1.25 bits per heavy atom. The zero-order valence-corrected chi connectivity index (χ0v) is 11.2. The molecule has 0 radical (unpaired) electrons. The van der Waals surface area contributed by atoms with E-state index >= 15 is 0 Å². The van der Waals surface area contributed by atoms with Crippen LogP contribution in [-0.4, -0.2) is 51.1 Å². The number of hydrogen-bond donors (Lipinski definition) is 2. The van der Waals surface area contributed by atoms with E-state index in [1.807, 2.05) is 14.1 Å². The van der Waals surface area contributed by atoms with Crippen LogP contribution in [0.15, 0.2) is 0 Å². The van der Waals surface area contributed by atoms with Crippen LogP contribution in [0.25, 0.3) is 0 Å². The number of hydrogen-bond acceptors (Lipinski definition) is 3. The van der Waals surface area contributed by atoms with Gasteiger partial charge in [0.25, 0.3) is 0 Å². The average molecular weight is 229 g/mol. The van der Waals surface area contributed by atoms with Gasteiger partial charge in [0.2, 0.25) is 5.91 Å². The molecule has 0 heterocycles. The van der Waals surface area contributed by atoms with Gasteiger partial charge in [-0.15, -0.1) is 0 Å². The molecule has 0 aliphatic heterocycles. The number of carbonyl (C=O) groups excluding carboxylic acids is 1. The molecule has 0 saturated heterocycles. The quantitative estimate of drug-likeness (QED) is 0.572. The van der Waals surface area contributed by atoms with Gasteiger partial charge in [-0.25, -0.2) is 0 Å². The van der Waals surface area contributed by atoms with Gasteiger partial charge in [-0.3, -0.25) is 4.79 Å². The van der Waals surface area contributed by atoms with Crippen molar-refractivity contribution in [2.24, 2.45) is 5.92 Å². The lowest BCUT2D eigenvalue weighted by molar-refractivity contribution is -0.125. The van der Waals surface area contributed by atoms with Crippen LogP contribution < -0.4 is 10.6 Å². The second kappa shape index (κ2) is 9.60. The Morgan fingerprint density at radius 2 is 1.94 bits per heavy atom. The van der Waals surface area contributed by atoms with Crippen molar-refractivity contribution in [3.63, 3.8) is 0 Å². The van der Waals surface area contributed by atoms with E-state index in [9.17, 15) is 4.79 Å². The highest BCUT2D eigenvalue weighted by Crippen LogP contribution is 2.08. The molecule has 1 unspecified atom stereocenters. The van der Waals surface area contributed by atoms with Crippen molar-refractivity contribution < 1.29 is 4.79 Å². The van der Waals surface area contributed by atoms with E-state index in [1.54, 1.807) is 0 Å². The van der Waals surface area contributed by atoms with Gasteiger partial charge in [0.05, 0.1) is 0 Å². The largest absolute Gasteiger partial charge is 0.355 e. The van der Waals surface area contributed by atoms with Crippen molar-refractivity contribution in [1.29, 1.82) is 0 Å². The van der Waals surface area contributed by atoms with Crippen LogP contribution in [-0.2, 0) is 4.79 Å². The van der Waals surface area contributed by atoms with E-state index in [-0.39, 0.29) is 11.8 Å². The van der Waals surface area contributed by atoms with Gasteiger partial charge in [0.15, 0.2) is 0 Å². The molecule has 0 aromatic heterocycles. The fourth-order valence-electron chi connectivity index (χ4n) is 1.53. The van der Waals surface area contributed by atoms with Crippen molar-refractivity contribution in [1.82, 2.24) is 15.5 Å². The standard InChI is InChI=1S/C12H27N3O/c1-5-11(7-10-15(3)4)12(16)14-9-8-13-6-2/h11,13H,5-10H2,1-4H3,(H,14,16). The Labute approximate surface area is 99.8 Å². The van der Waals surface area contributed by atoms with Gasteiger partial charge in [0, 0.05) is 19.0 Å². The third-order valence-corrected chi connectivity index (χ3v) is 2.64. The molecule has 2 N–H and O–H groups in total. The second-order valence-electron chi connectivity index (χ2n) is 4.34. The maximum absolute atomic E-state index is 11.8. The molecule has 0 saturated carbocycles. The van der Waals surface area contributed by atoms with E-state index in [0.717, 1.165) is 39.0 Å². The SMILES string of the molecule is CCNCCNC(=O)C(CC)CCN(C)C. The Kier molecular flexibility index (Phi) is 9.24. The smallest absolute Gasteiger partial charge is 0.223 e. The number of nitrogens with one attached hydrogen (secondary N) is 2. The Hall–Kier alpha value is -0.610. The predicted molar refractivity (Wildman–Crippen MR) is 68.5 cm³/mol. The molecule has 4 heteroatoms. The Balaban J connectivity index is 3.73.